The summed E-state index contributed by atoms with van der Waals surface area (Å²) in [4.78, 5) is 32.0. The first-order valence-corrected chi connectivity index (χ1v) is 13.4. The van der Waals surface area contributed by atoms with Crippen LogP contribution in [0, 0.1) is 11.7 Å². The molecule has 2 heterocycles. The summed E-state index contributed by atoms with van der Waals surface area (Å²) in [6, 6.07) is 7.39. The number of benzene rings is 1. The number of piperidine rings is 1. The predicted octanol–water partition coefficient (Wildman–Crippen LogP) is 2.77. The molecule has 1 atom stereocenters. The summed E-state index contributed by atoms with van der Waals surface area (Å²) in [5.74, 6) is -1.31. The van der Waals surface area contributed by atoms with E-state index in [1.54, 1.807) is 20.8 Å². The van der Waals surface area contributed by atoms with E-state index >= 15 is 0 Å². The van der Waals surface area contributed by atoms with E-state index in [0.29, 0.717) is 12.1 Å². The lowest BCUT2D eigenvalue weighted by Gasteiger charge is -2.31. The molecule has 196 valence electrons. The van der Waals surface area contributed by atoms with Gasteiger partial charge in [0.1, 0.15) is 17.6 Å². The molecule has 3 rings (SSSR count). The summed E-state index contributed by atoms with van der Waals surface area (Å²) in [5.41, 5.74) is -0.222. The quantitative estimate of drug-likeness (QED) is 0.493. The lowest BCUT2D eigenvalue weighted by molar-refractivity contribution is -0.118. The van der Waals surface area contributed by atoms with Gasteiger partial charge in [-0.15, -0.1) is 0 Å². The SMILES string of the molecule is CN1CCC(C[C@H](NC(=O)c2ccc(F)cn2)C(=O)Nc2ccc(S(=O)(=O)NC(C)(C)C)cc2)CC1. The molecule has 0 aliphatic carbocycles. The van der Waals surface area contributed by atoms with Crippen LogP contribution in [0.2, 0.25) is 0 Å². The van der Waals surface area contributed by atoms with Gasteiger partial charge in [-0.1, -0.05) is 0 Å². The second-order valence-electron chi connectivity index (χ2n) is 10.2. The zero-order chi connectivity index (χ0) is 26.5. The van der Waals surface area contributed by atoms with E-state index in [9.17, 15) is 22.4 Å². The molecule has 11 heteroatoms. The van der Waals surface area contributed by atoms with Crippen LogP contribution in [0.5, 0.6) is 0 Å². The van der Waals surface area contributed by atoms with Gasteiger partial charge in [0.2, 0.25) is 15.9 Å². The minimum absolute atomic E-state index is 0.0125. The van der Waals surface area contributed by atoms with Gasteiger partial charge in [0.25, 0.3) is 5.91 Å². The number of hydrogen-bond acceptors (Lipinski definition) is 6. The van der Waals surface area contributed by atoms with Crippen LogP contribution in [0.4, 0.5) is 10.1 Å². The van der Waals surface area contributed by atoms with Gasteiger partial charge in [-0.25, -0.2) is 22.5 Å². The van der Waals surface area contributed by atoms with Gasteiger partial charge in [-0.2, -0.15) is 0 Å². The standard InChI is InChI=1S/C25H34FN5O4S/c1-25(2,3)30-36(34,35)20-8-6-19(7-9-20)28-24(33)22(15-17-11-13-31(4)14-12-17)29-23(32)21-10-5-18(26)16-27-21/h5-10,16-17,22,30H,11-15H2,1-4H3,(H,28,33)(H,29,32)/t22-/m0/s1. The van der Waals surface area contributed by atoms with E-state index < -0.39 is 39.2 Å². The van der Waals surface area contributed by atoms with E-state index in [0.717, 1.165) is 38.2 Å². The van der Waals surface area contributed by atoms with Crippen LogP contribution in [0.3, 0.4) is 0 Å². The molecule has 36 heavy (non-hydrogen) atoms. The Morgan fingerprint density at radius 1 is 1.11 bits per heavy atom. The van der Waals surface area contributed by atoms with Gasteiger partial charge in [-0.05, 0) is 102 Å². The summed E-state index contributed by atoms with van der Waals surface area (Å²) < 4.78 is 40.9. The van der Waals surface area contributed by atoms with Crippen molar-refractivity contribution in [3.05, 3.63) is 54.1 Å². The zero-order valence-corrected chi connectivity index (χ0v) is 21.9. The summed E-state index contributed by atoms with van der Waals surface area (Å²) in [5, 5.41) is 5.51. The maximum atomic E-state index is 13.2. The third-order valence-corrected chi connectivity index (χ3v) is 7.64. The molecular formula is C25H34FN5O4S. The Labute approximate surface area is 211 Å². The fourth-order valence-electron chi connectivity index (χ4n) is 4.01. The average molecular weight is 520 g/mol. The highest BCUT2D eigenvalue weighted by Crippen LogP contribution is 2.23. The smallest absolute Gasteiger partial charge is 0.270 e. The molecule has 3 N–H and O–H groups in total. The van der Waals surface area contributed by atoms with Gasteiger partial charge >= 0.3 is 0 Å². The average Bonchev–Trinajstić information content (AvgIpc) is 2.79. The Morgan fingerprint density at radius 3 is 2.31 bits per heavy atom. The molecule has 1 aromatic heterocycles. The highest BCUT2D eigenvalue weighted by atomic mass is 32.2. The number of halogens is 1. The number of nitrogens with zero attached hydrogens (tertiary/aromatic N) is 2. The van der Waals surface area contributed by atoms with E-state index in [2.05, 4.69) is 25.2 Å². The number of carbonyl (C=O) groups is 2. The van der Waals surface area contributed by atoms with Crippen molar-refractivity contribution in [2.75, 3.05) is 25.5 Å². The monoisotopic (exact) mass is 519 g/mol. The van der Waals surface area contributed by atoms with Crippen LogP contribution in [0.25, 0.3) is 0 Å². The summed E-state index contributed by atoms with van der Waals surface area (Å²) in [6.45, 7) is 7.06. The third kappa shape index (κ3) is 8.07. The second kappa shape index (κ2) is 11.4. The molecule has 1 saturated heterocycles. The molecule has 2 amide bonds. The number of sulfonamides is 1. The number of carbonyl (C=O) groups excluding carboxylic acids is 2. The van der Waals surface area contributed by atoms with Crippen LogP contribution in [-0.2, 0) is 14.8 Å². The zero-order valence-electron chi connectivity index (χ0n) is 21.0. The van der Waals surface area contributed by atoms with Crippen LogP contribution in [-0.4, -0.2) is 61.8 Å². The predicted molar refractivity (Wildman–Crippen MR) is 135 cm³/mol. The molecule has 0 saturated carbocycles. The Bertz CT molecular complexity index is 1160. The normalized spacial score (nSPS) is 16.4. The molecule has 0 bridgehead atoms. The number of rotatable bonds is 8. The lowest BCUT2D eigenvalue weighted by Crippen LogP contribution is -2.46. The minimum Gasteiger partial charge on any atom is -0.339 e. The maximum absolute atomic E-state index is 13.2. The Kier molecular flexibility index (Phi) is 8.80. The first-order chi connectivity index (χ1) is 16.8. The van der Waals surface area contributed by atoms with Crippen LogP contribution in [0.15, 0.2) is 47.5 Å². The number of anilines is 1. The Balaban J connectivity index is 1.73. The highest BCUT2D eigenvalue weighted by molar-refractivity contribution is 7.89. The molecule has 1 aliphatic rings. The van der Waals surface area contributed by atoms with Crippen molar-refractivity contribution in [1.82, 2.24) is 19.9 Å². The minimum atomic E-state index is -3.71. The van der Waals surface area contributed by atoms with Crippen molar-refractivity contribution >= 4 is 27.5 Å². The molecule has 0 spiro atoms. The largest absolute Gasteiger partial charge is 0.339 e. The lowest BCUT2D eigenvalue weighted by atomic mass is 9.90. The molecule has 2 aromatic rings. The van der Waals surface area contributed by atoms with Crippen molar-refractivity contribution in [2.45, 2.75) is 56.5 Å². The first-order valence-electron chi connectivity index (χ1n) is 11.9. The number of likely N-dealkylation sites (tertiary alicyclic amines) is 1. The van der Waals surface area contributed by atoms with E-state index in [-0.39, 0.29) is 16.5 Å². The van der Waals surface area contributed by atoms with Gasteiger partial charge < -0.3 is 15.5 Å². The molecule has 0 radical (unpaired) electrons. The molecule has 1 fully saturated rings. The first kappa shape index (κ1) is 27.7. The topological polar surface area (TPSA) is 120 Å². The number of pyridine rings is 1. The van der Waals surface area contributed by atoms with Gasteiger partial charge in [0.05, 0.1) is 11.1 Å². The molecule has 0 unspecified atom stereocenters. The molecular weight excluding hydrogens is 485 g/mol. The number of aromatic nitrogens is 1. The molecule has 9 nitrogen and oxygen atoms in total. The van der Waals surface area contributed by atoms with Crippen molar-refractivity contribution in [1.29, 1.82) is 0 Å². The van der Waals surface area contributed by atoms with Gasteiger partial charge in [-0.3, -0.25) is 9.59 Å². The Morgan fingerprint density at radius 2 is 1.75 bits per heavy atom. The van der Waals surface area contributed by atoms with Crippen molar-refractivity contribution in [2.24, 2.45) is 5.92 Å². The van der Waals surface area contributed by atoms with Gasteiger partial charge in [0, 0.05) is 11.2 Å². The van der Waals surface area contributed by atoms with E-state index in [1.165, 1.54) is 30.3 Å². The summed E-state index contributed by atoms with van der Waals surface area (Å²) >= 11 is 0. The fourth-order valence-corrected chi connectivity index (χ4v) is 5.43. The van der Waals surface area contributed by atoms with E-state index in [4.69, 9.17) is 0 Å². The second-order valence-corrected chi connectivity index (χ2v) is 11.9. The fraction of sp³-hybridized carbons (Fsp3) is 0.480. The van der Waals surface area contributed by atoms with Crippen molar-refractivity contribution in [3.63, 3.8) is 0 Å². The molecule has 1 aromatic carbocycles. The summed E-state index contributed by atoms with van der Waals surface area (Å²) in [6.07, 6.45) is 3.19. The third-order valence-electron chi connectivity index (χ3n) is 5.86. The Hall–Kier alpha value is -2.89. The van der Waals surface area contributed by atoms with Crippen molar-refractivity contribution in [3.8, 4) is 0 Å². The number of hydrogen-bond donors (Lipinski definition) is 3. The number of amides is 2. The molecule has 1 aliphatic heterocycles. The van der Waals surface area contributed by atoms with E-state index in [1.807, 2.05) is 7.05 Å². The maximum Gasteiger partial charge on any atom is 0.270 e. The number of nitrogens with one attached hydrogen (secondary N) is 3. The van der Waals surface area contributed by atoms with Crippen molar-refractivity contribution < 1.29 is 22.4 Å². The highest BCUT2D eigenvalue weighted by Gasteiger charge is 2.28. The van der Waals surface area contributed by atoms with Crippen LogP contribution >= 0.6 is 0 Å². The van der Waals surface area contributed by atoms with Crippen LogP contribution in [0.1, 0.15) is 50.5 Å². The van der Waals surface area contributed by atoms with Crippen LogP contribution < -0.4 is 15.4 Å². The summed E-state index contributed by atoms with van der Waals surface area (Å²) in [7, 11) is -1.67. The van der Waals surface area contributed by atoms with Gasteiger partial charge in [0.15, 0.2) is 0 Å².